The molecule has 3 aromatic rings. The first-order chi connectivity index (χ1) is 11.5. The largest absolute Gasteiger partial charge is 0.500 e. The number of aromatic hydroxyl groups is 1. The Bertz CT molecular complexity index is 968. The average Bonchev–Trinajstić information content (AvgIpc) is 2.95. The standard InChI is InChI=1S/C16H11ClN2O4S/c1-23-13-7-9(6-12(16(13)20)19(21)22)2-5-15-18-11-8-10(17)3-4-14(11)24-15/h2-8,20H,1H3/b5-2-. The Kier molecular flexibility index (Phi) is 4.37. The number of hydrogen-bond acceptors (Lipinski definition) is 6. The number of benzene rings is 2. The predicted molar refractivity (Wildman–Crippen MR) is 94.9 cm³/mol. The maximum Gasteiger partial charge on any atom is 0.315 e. The Morgan fingerprint density at radius 1 is 1.33 bits per heavy atom. The topological polar surface area (TPSA) is 85.5 Å². The number of nitro benzene ring substituents is 1. The molecular formula is C16H11ClN2O4S. The van der Waals surface area contributed by atoms with Crippen LogP contribution in [0, 0.1) is 10.1 Å². The Balaban J connectivity index is 1.98. The second-order valence-electron chi connectivity index (χ2n) is 4.85. The lowest BCUT2D eigenvalue weighted by Crippen LogP contribution is -1.93. The fourth-order valence-electron chi connectivity index (χ4n) is 2.16. The van der Waals surface area contributed by atoms with Gasteiger partial charge in [-0.1, -0.05) is 17.7 Å². The highest BCUT2D eigenvalue weighted by atomic mass is 35.5. The summed E-state index contributed by atoms with van der Waals surface area (Å²) in [6, 6.07) is 8.26. The van der Waals surface area contributed by atoms with Crippen molar-refractivity contribution in [2.75, 3.05) is 7.11 Å². The summed E-state index contributed by atoms with van der Waals surface area (Å²) in [6.45, 7) is 0. The van der Waals surface area contributed by atoms with E-state index < -0.39 is 16.4 Å². The number of ether oxygens (including phenoxy) is 1. The van der Waals surface area contributed by atoms with E-state index in [1.165, 1.54) is 30.6 Å². The molecule has 1 aromatic heterocycles. The van der Waals surface area contributed by atoms with Gasteiger partial charge in [-0.2, -0.15) is 0 Å². The third-order valence-electron chi connectivity index (χ3n) is 3.28. The van der Waals surface area contributed by atoms with Gasteiger partial charge in [0.2, 0.25) is 5.75 Å². The Labute approximate surface area is 145 Å². The number of phenols is 1. The minimum Gasteiger partial charge on any atom is -0.500 e. The molecule has 0 atom stereocenters. The number of phenolic OH excluding ortho intramolecular Hbond substituents is 1. The van der Waals surface area contributed by atoms with E-state index in [1.807, 2.05) is 6.07 Å². The molecule has 0 unspecified atom stereocenters. The number of nitrogens with zero attached hydrogens (tertiary/aromatic N) is 2. The Morgan fingerprint density at radius 2 is 2.12 bits per heavy atom. The summed E-state index contributed by atoms with van der Waals surface area (Å²) in [5, 5.41) is 22.1. The highest BCUT2D eigenvalue weighted by molar-refractivity contribution is 7.19. The average molecular weight is 363 g/mol. The molecule has 0 aliphatic heterocycles. The molecule has 0 radical (unpaired) electrons. The SMILES string of the molecule is COc1cc(/C=C\c2nc3cc(Cl)ccc3s2)cc([N+](=O)[O-])c1O. The summed E-state index contributed by atoms with van der Waals surface area (Å²) in [5.74, 6) is -0.450. The van der Waals surface area contributed by atoms with Crippen LogP contribution in [0.2, 0.25) is 5.02 Å². The number of hydrogen-bond donors (Lipinski definition) is 1. The highest BCUT2D eigenvalue weighted by Crippen LogP contribution is 2.37. The molecule has 0 saturated carbocycles. The van der Waals surface area contributed by atoms with E-state index in [-0.39, 0.29) is 5.75 Å². The van der Waals surface area contributed by atoms with Crippen molar-refractivity contribution >= 4 is 51.0 Å². The number of methoxy groups -OCH3 is 1. The van der Waals surface area contributed by atoms with Gasteiger partial charge in [-0.15, -0.1) is 11.3 Å². The maximum absolute atomic E-state index is 11.0. The number of halogens is 1. The van der Waals surface area contributed by atoms with E-state index in [4.69, 9.17) is 16.3 Å². The number of nitro groups is 1. The highest BCUT2D eigenvalue weighted by Gasteiger charge is 2.19. The molecule has 0 fully saturated rings. The van der Waals surface area contributed by atoms with E-state index in [0.29, 0.717) is 10.6 Å². The van der Waals surface area contributed by atoms with E-state index in [2.05, 4.69) is 4.98 Å². The van der Waals surface area contributed by atoms with Gasteiger partial charge >= 0.3 is 5.69 Å². The zero-order chi connectivity index (χ0) is 17.3. The van der Waals surface area contributed by atoms with E-state index in [1.54, 1.807) is 24.3 Å². The van der Waals surface area contributed by atoms with Gasteiger partial charge in [0.05, 0.1) is 22.2 Å². The van der Waals surface area contributed by atoms with Crippen molar-refractivity contribution < 1.29 is 14.8 Å². The van der Waals surface area contributed by atoms with Crippen LogP contribution < -0.4 is 4.74 Å². The molecule has 122 valence electrons. The molecule has 0 aliphatic carbocycles. The lowest BCUT2D eigenvalue weighted by Gasteiger charge is -2.05. The van der Waals surface area contributed by atoms with Crippen LogP contribution in [0.25, 0.3) is 22.4 Å². The molecule has 1 N–H and O–H groups in total. The summed E-state index contributed by atoms with van der Waals surface area (Å²) in [4.78, 5) is 14.8. The molecule has 0 spiro atoms. The zero-order valence-electron chi connectivity index (χ0n) is 12.4. The van der Waals surface area contributed by atoms with Crippen molar-refractivity contribution in [3.05, 3.63) is 56.0 Å². The van der Waals surface area contributed by atoms with Crippen molar-refractivity contribution in [2.45, 2.75) is 0 Å². The van der Waals surface area contributed by atoms with Crippen molar-refractivity contribution in [1.82, 2.24) is 4.98 Å². The fourth-order valence-corrected chi connectivity index (χ4v) is 3.18. The molecule has 8 heteroatoms. The van der Waals surface area contributed by atoms with E-state index in [0.717, 1.165) is 15.2 Å². The molecule has 0 aliphatic rings. The quantitative estimate of drug-likeness (QED) is 0.535. The molecule has 0 bridgehead atoms. The van der Waals surface area contributed by atoms with Crippen LogP contribution in [-0.2, 0) is 0 Å². The summed E-state index contributed by atoms with van der Waals surface area (Å²) in [6.07, 6.45) is 3.42. The first kappa shape index (κ1) is 16.2. The second kappa shape index (κ2) is 6.46. The van der Waals surface area contributed by atoms with E-state index >= 15 is 0 Å². The van der Waals surface area contributed by atoms with Gasteiger partial charge in [0.25, 0.3) is 0 Å². The lowest BCUT2D eigenvalue weighted by atomic mass is 10.1. The first-order valence-corrected chi connectivity index (χ1v) is 7.97. The molecule has 1 heterocycles. The van der Waals surface area contributed by atoms with Crippen LogP contribution >= 0.6 is 22.9 Å². The van der Waals surface area contributed by atoms with Gasteiger partial charge in [-0.3, -0.25) is 10.1 Å². The molecular weight excluding hydrogens is 352 g/mol. The maximum atomic E-state index is 11.0. The van der Waals surface area contributed by atoms with Gasteiger partial charge in [0, 0.05) is 11.1 Å². The van der Waals surface area contributed by atoms with Crippen LogP contribution in [0.3, 0.4) is 0 Å². The van der Waals surface area contributed by atoms with Gasteiger partial charge in [-0.05, 0) is 35.9 Å². The van der Waals surface area contributed by atoms with Gasteiger partial charge < -0.3 is 9.84 Å². The molecule has 2 aromatic carbocycles. The third-order valence-corrected chi connectivity index (χ3v) is 4.52. The monoisotopic (exact) mass is 362 g/mol. The van der Waals surface area contributed by atoms with E-state index in [9.17, 15) is 15.2 Å². The van der Waals surface area contributed by atoms with Crippen molar-refractivity contribution in [2.24, 2.45) is 0 Å². The summed E-state index contributed by atoms with van der Waals surface area (Å²) < 4.78 is 5.97. The van der Waals surface area contributed by atoms with Gasteiger partial charge in [0.1, 0.15) is 5.01 Å². The van der Waals surface area contributed by atoms with Crippen molar-refractivity contribution in [3.8, 4) is 11.5 Å². The normalized spacial score (nSPS) is 11.2. The Hall–Kier alpha value is -2.64. The summed E-state index contributed by atoms with van der Waals surface area (Å²) in [5.41, 5.74) is 0.903. The summed E-state index contributed by atoms with van der Waals surface area (Å²) in [7, 11) is 1.34. The smallest absolute Gasteiger partial charge is 0.315 e. The molecule has 24 heavy (non-hydrogen) atoms. The fraction of sp³-hybridized carbons (Fsp3) is 0.0625. The van der Waals surface area contributed by atoms with Crippen molar-refractivity contribution in [3.63, 3.8) is 0 Å². The number of fused-ring (bicyclic) bond motifs is 1. The number of thiazole rings is 1. The first-order valence-electron chi connectivity index (χ1n) is 6.77. The Morgan fingerprint density at radius 3 is 2.83 bits per heavy atom. The van der Waals surface area contributed by atoms with Gasteiger partial charge in [0.15, 0.2) is 5.75 Å². The lowest BCUT2D eigenvalue weighted by molar-refractivity contribution is -0.386. The van der Waals surface area contributed by atoms with Crippen LogP contribution in [0.1, 0.15) is 10.6 Å². The van der Waals surface area contributed by atoms with Crippen LogP contribution in [0.15, 0.2) is 30.3 Å². The molecule has 6 nitrogen and oxygen atoms in total. The zero-order valence-corrected chi connectivity index (χ0v) is 14.0. The van der Waals surface area contributed by atoms with Crippen LogP contribution in [-0.4, -0.2) is 22.1 Å². The molecule has 0 amide bonds. The number of aromatic nitrogens is 1. The predicted octanol–water partition coefficient (Wildman–Crippen LogP) is 4.74. The minimum absolute atomic E-state index is 0.0416. The number of rotatable bonds is 4. The van der Waals surface area contributed by atoms with Crippen LogP contribution in [0.5, 0.6) is 11.5 Å². The molecule has 0 saturated heterocycles. The van der Waals surface area contributed by atoms with Gasteiger partial charge in [-0.25, -0.2) is 4.98 Å². The van der Waals surface area contributed by atoms with Crippen molar-refractivity contribution in [1.29, 1.82) is 0 Å². The summed E-state index contributed by atoms with van der Waals surface area (Å²) >= 11 is 7.42. The second-order valence-corrected chi connectivity index (χ2v) is 6.34. The minimum atomic E-state index is -0.658. The third kappa shape index (κ3) is 3.17. The molecule has 3 rings (SSSR count). The van der Waals surface area contributed by atoms with Crippen LogP contribution in [0.4, 0.5) is 5.69 Å².